The van der Waals surface area contributed by atoms with Crippen LogP contribution in [0.15, 0.2) is 6.07 Å². The van der Waals surface area contributed by atoms with Crippen LogP contribution in [0.1, 0.15) is 79.2 Å². The van der Waals surface area contributed by atoms with Crippen molar-refractivity contribution in [2.45, 2.75) is 70.8 Å². The minimum Gasteiger partial charge on any atom is -0.396 e. The fourth-order valence-corrected chi connectivity index (χ4v) is 5.85. The first-order valence-electron chi connectivity index (χ1n) is 10.5. The molecule has 0 spiro atoms. The third-order valence-electron chi connectivity index (χ3n) is 6.49. The molecule has 6 heteroatoms. The van der Waals surface area contributed by atoms with Gasteiger partial charge in [-0.1, -0.05) is 19.3 Å². The van der Waals surface area contributed by atoms with E-state index in [-0.39, 0.29) is 5.91 Å². The van der Waals surface area contributed by atoms with Gasteiger partial charge in [0.1, 0.15) is 4.83 Å². The van der Waals surface area contributed by atoms with Crippen molar-refractivity contribution in [1.29, 1.82) is 0 Å². The first-order valence-corrected chi connectivity index (χ1v) is 11.3. The zero-order valence-corrected chi connectivity index (χ0v) is 17.1. The molecule has 2 heterocycles. The lowest BCUT2D eigenvalue weighted by atomic mass is 9.82. The number of aromatic nitrogens is 2. The van der Waals surface area contributed by atoms with E-state index >= 15 is 0 Å². The molecule has 0 saturated heterocycles. The first kappa shape index (κ1) is 18.9. The van der Waals surface area contributed by atoms with E-state index in [1.165, 1.54) is 32.1 Å². The van der Waals surface area contributed by atoms with Crippen molar-refractivity contribution in [2.24, 2.45) is 11.8 Å². The van der Waals surface area contributed by atoms with Crippen molar-refractivity contribution in [3.8, 4) is 0 Å². The Morgan fingerprint density at radius 3 is 2.59 bits per heavy atom. The van der Waals surface area contributed by atoms with Crippen LogP contribution in [-0.2, 0) is 0 Å². The molecular weight excluding hydrogens is 358 g/mol. The summed E-state index contributed by atoms with van der Waals surface area (Å²) in [7, 11) is 0. The summed E-state index contributed by atoms with van der Waals surface area (Å²) in [6.45, 7) is 3.10. The smallest absolute Gasteiger partial charge is 0.261 e. The van der Waals surface area contributed by atoms with E-state index in [1.807, 2.05) is 6.07 Å². The van der Waals surface area contributed by atoms with Crippen molar-refractivity contribution in [3.63, 3.8) is 0 Å². The molecule has 5 nitrogen and oxygen atoms in total. The summed E-state index contributed by atoms with van der Waals surface area (Å²) in [5.74, 6) is 1.06. The quantitative estimate of drug-likeness (QED) is 0.794. The Kier molecular flexibility index (Phi) is 5.83. The molecule has 0 atom stereocenters. The summed E-state index contributed by atoms with van der Waals surface area (Å²) in [5, 5.41) is 18.3. The van der Waals surface area contributed by atoms with E-state index in [1.54, 1.807) is 11.3 Å². The Bertz CT molecular complexity index is 783. The second-order valence-corrected chi connectivity index (χ2v) is 9.46. The Hall–Kier alpha value is -1.40. The summed E-state index contributed by atoms with van der Waals surface area (Å²) >= 11 is 1.59. The molecule has 0 aliphatic heterocycles. The third-order valence-corrected chi connectivity index (χ3v) is 7.61. The van der Waals surface area contributed by atoms with Gasteiger partial charge in [-0.2, -0.15) is 5.10 Å². The van der Waals surface area contributed by atoms with Crippen LogP contribution in [0, 0.1) is 18.8 Å². The minimum absolute atomic E-state index is 0.0510. The highest BCUT2D eigenvalue weighted by Gasteiger charge is 2.24. The summed E-state index contributed by atoms with van der Waals surface area (Å²) in [6, 6.07) is 2.52. The van der Waals surface area contributed by atoms with Crippen LogP contribution in [0.3, 0.4) is 0 Å². The fourth-order valence-electron chi connectivity index (χ4n) is 4.70. The molecule has 2 N–H and O–H groups in total. The molecule has 0 bridgehead atoms. The Morgan fingerprint density at radius 1 is 1.19 bits per heavy atom. The van der Waals surface area contributed by atoms with Gasteiger partial charge in [0.05, 0.1) is 16.6 Å². The number of hydrogen-bond donors (Lipinski definition) is 2. The van der Waals surface area contributed by atoms with Gasteiger partial charge in [-0.05, 0) is 63.4 Å². The van der Waals surface area contributed by atoms with Crippen LogP contribution in [0.5, 0.6) is 0 Å². The van der Waals surface area contributed by atoms with Crippen LogP contribution in [0.2, 0.25) is 0 Å². The van der Waals surface area contributed by atoms with Gasteiger partial charge in [0.25, 0.3) is 5.91 Å². The maximum atomic E-state index is 12.7. The Balaban J connectivity index is 1.42. The van der Waals surface area contributed by atoms with Crippen molar-refractivity contribution in [2.75, 3.05) is 13.2 Å². The summed E-state index contributed by atoms with van der Waals surface area (Å²) in [5.41, 5.74) is 1.04. The van der Waals surface area contributed by atoms with E-state index in [0.29, 0.717) is 24.5 Å². The molecule has 2 aromatic heterocycles. The Morgan fingerprint density at radius 2 is 1.89 bits per heavy atom. The number of nitrogens with one attached hydrogen (secondary N) is 1. The van der Waals surface area contributed by atoms with Gasteiger partial charge < -0.3 is 10.4 Å². The zero-order valence-electron chi connectivity index (χ0n) is 16.2. The first-order chi connectivity index (χ1) is 13.2. The summed E-state index contributed by atoms with van der Waals surface area (Å²) in [6.07, 6.45) is 10.7. The molecule has 0 radical (unpaired) electrons. The average molecular weight is 390 g/mol. The molecule has 2 aliphatic rings. The van der Waals surface area contributed by atoms with Crippen LogP contribution in [0.4, 0.5) is 0 Å². The van der Waals surface area contributed by atoms with Crippen LogP contribution in [0.25, 0.3) is 10.2 Å². The number of thiophene rings is 1. The van der Waals surface area contributed by atoms with E-state index in [0.717, 1.165) is 53.0 Å². The van der Waals surface area contributed by atoms with Crippen LogP contribution >= 0.6 is 11.3 Å². The lowest BCUT2D eigenvalue weighted by Crippen LogP contribution is -2.31. The number of aryl methyl sites for hydroxylation is 1. The lowest BCUT2D eigenvalue weighted by molar-refractivity contribution is 0.0941. The molecule has 2 aliphatic carbocycles. The number of aliphatic hydroxyl groups is 1. The van der Waals surface area contributed by atoms with Crippen molar-refractivity contribution >= 4 is 27.5 Å². The molecule has 1 amide bonds. The second-order valence-electron chi connectivity index (χ2n) is 8.43. The molecule has 0 unspecified atom stereocenters. The van der Waals surface area contributed by atoms with Crippen LogP contribution < -0.4 is 5.32 Å². The van der Waals surface area contributed by atoms with E-state index in [9.17, 15) is 9.90 Å². The average Bonchev–Trinajstić information content (AvgIpc) is 3.28. The highest BCUT2D eigenvalue weighted by molar-refractivity contribution is 7.20. The van der Waals surface area contributed by atoms with Gasteiger partial charge in [-0.3, -0.25) is 9.48 Å². The standard InChI is InChI=1S/C21H31N3O2S/c1-14-18-11-19(20(26)22-12-15-7-9-16(13-25)10-8-15)27-21(18)24(23-14)17-5-3-2-4-6-17/h11,15-17,25H,2-10,12-13H2,1H3,(H,22,26). The van der Waals surface area contributed by atoms with Crippen molar-refractivity contribution in [1.82, 2.24) is 15.1 Å². The zero-order chi connectivity index (χ0) is 18.8. The molecule has 148 valence electrons. The highest BCUT2D eigenvalue weighted by atomic mass is 32.1. The van der Waals surface area contributed by atoms with Gasteiger partial charge >= 0.3 is 0 Å². The third kappa shape index (κ3) is 4.06. The van der Waals surface area contributed by atoms with Gasteiger partial charge in [0, 0.05) is 18.5 Å². The minimum atomic E-state index is 0.0510. The molecule has 2 aromatic rings. The topological polar surface area (TPSA) is 67.2 Å². The van der Waals surface area contributed by atoms with Gasteiger partial charge in [0.15, 0.2) is 0 Å². The fraction of sp³-hybridized carbons (Fsp3) is 0.714. The summed E-state index contributed by atoms with van der Waals surface area (Å²) < 4.78 is 2.20. The van der Waals surface area contributed by atoms with E-state index in [4.69, 9.17) is 5.10 Å². The van der Waals surface area contributed by atoms with E-state index < -0.39 is 0 Å². The highest BCUT2D eigenvalue weighted by Crippen LogP contribution is 2.35. The van der Waals surface area contributed by atoms with Gasteiger partial charge in [-0.15, -0.1) is 11.3 Å². The lowest BCUT2D eigenvalue weighted by Gasteiger charge is -2.27. The summed E-state index contributed by atoms with van der Waals surface area (Å²) in [4.78, 5) is 14.7. The SMILES string of the molecule is Cc1nn(C2CCCCC2)c2sc(C(=O)NCC3CCC(CO)CC3)cc12. The second kappa shape index (κ2) is 8.31. The number of nitrogens with zero attached hydrogens (tertiary/aromatic N) is 2. The van der Waals surface area contributed by atoms with Crippen LogP contribution in [-0.4, -0.2) is 33.9 Å². The van der Waals surface area contributed by atoms with Crippen molar-refractivity contribution in [3.05, 3.63) is 16.6 Å². The number of aliphatic hydroxyl groups excluding tert-OH is 1. The number of carbonyl (C=O) groups excluding carboxylic acids is 1. The largest absolute Gasteiger partial charge is 0.396 e. The number of carbonyl (C=O) groups is 1. The van der Waals surface area contributed by atoms with Crippen molar-refractivity contribution < 1.29 is 9.90 Å². The number of amides is 1. The number of rotatable bonds is 5. The normalized spacial score (nSPS) is 24.4. The molecule has 2 saturated carbocycles. The Labute approximate surface area is 165 Å². The maximum Gasteiger partial charge on any atom is 0.261 e. The molecule has 27 heavy (non-hydrogen) atoms. The van der Waals surface area contributed by atoms with Gasteiger partial charge in [0.2, 0.25) is 0 Å². The number of fused-ring (bicyclic) bond motifs is 1. The molecule has 4 rings (SSSR count). The molecular formula is C21H31N3O2S. The molecule has 0 aromatic carbocycles. The predicted molar refractivity (Wildman–Crippen MR) is 109 cm³/mol. The maximum absolute atomic E-state index is 12.7. The monoisotopic (exact) mass is 389 g/mol. The predicted octanol–water partition coefficient (Wildman–Crippen LogP) is 4.44. The van der Waals surface area contributed by atoms with Gasteiger partial charge in [-0.25, -0.2) is 0 Å². The number of hydrogen-bond acceptors (Lipinski definition) is 4. The van der Waals surface area contributed by atoms with E-state index in [2.05, 4.69) is 16.9 Å². The molecule has 2 fully saturated rings.